The van der Waals surface area contributed by atoms with Crippen LogP contribution >= 0.6 is 0 Å². The largest absolute Gasteiger partial charge is 0.493 e. The summed E-state index contributed by atoms with van der Waals surface area (Å²) in [6.07, 6.45) is 0. The van der Waals surface area contributed by atoms with Gasteiger partial charge >= 0.3 is 5.97 Å². The third kappa shape index (κ3) is 2.50. The van der Waals surface area contributed by atoms with Gasteiger partial charge in [0.05, 0.1) is 24.8 Å². The van der Waals surface area contributed by atoms with E-state index in [1.807, 2.05) is 24.3 Å². The lowest BCUT2D eigenvalue weighted by molar-refractivity contribution is 0.0692. The van der Waals surface area contributed by atoms with Crippen LogP contribution in [0, 0.1) is 0 Å². The van der Waals surface area contributed by atoms with Gasteiger partial charge in [0.2, 0.25) is 0 Å². The number of nitrogens with two attached hydrogens (primary N) is 1. The molecule has 1 unspecified atom stereocenters. The van der Waals surface area contributed by atoms with Gasteiger partial charge in [-0.05, 0) is 18.2 Å². The van der Waals surface area contributed by atoms with E-state index in [1.54, 1.807) is 12.1 Å². The van der Waals surface area contributed by atoms with Gasteiger partial charge in [0, 0.05) is 5.56 Å². The Kier molecular flexibility index (Phi) is 3.39. The first-order valence-electron chi connectivity index (χ1n) is 6.63. The van der Waals surface area contributed by atoms with E-state index in [2.05, 4.69) is 0 Å². The molecule has 21 heavy (non-hydrogen) atoms. The summed E-state index contributed by atoms with van der Waals surface area (Å²) >= 11 is 0. The maximum atomic E-state index is 11.2. The first-order valence-corrected chi connectivity index (χ1v) is 6.63. The molecule has 1 atom stereocenters. The average molecular weight is 285 g/mol. The van der Waals surface area contributed by atoms with Crippen molar-refractivity contribution in [3.8, 4) is 11.5 Å². The second-order valence-corrected chi connectivity index (χ2v) is 4.89. The molecule has 0 saturated carbocycles. The maximum absolute atomic E-state index is 11.2. The van der Waals surface area contributed by atoms with Crippen LogP contribution < -0.4 is 15.2 Å². The monoisotopic (exact) mass is 285 g/mol. The van der Waals surface area contributed by atoms with Crippen LogP contribution in [-0.2, 0) is 0 Å². The molecule has 3 N–H and O–H groups in total. The Balaban J connectivity index is 1.79. The van der Waals surface area contributed by atoms with Gasteiger partial charge in [-0.3, -0.25) is 0 Å². The number of para-hydroxylation sites is 2. The second kappa shape index (κ2) is 5.36. The molecule has 0 aromatic heterocycles. The molecule has 5 nitrogen and oxygen atoms in total. The van der Waals surface area contributed by atoms with Crippen LogP contribution in [0.5, 0.6) is 11.5 Å². The smallest absolute Gasteiger partial charge is 0.339 e. The molecule has 5 heteroatoms. The Morgan fingerprint density at radius 2 is 2.10 bits per heavy atom. The highest BCUT2D eigenvalue weighted by molar-refractivity contribution is 5.93. The zero-order valence-electron chi connectivity index (χ0n) is 11.3. The molecule has 108 valence electrons. The molecule has 0 bridgehead atoms. The SMILES string of the molecule is Nc1cccc(C(=O)O)c1OCC1COc2ccccc21. The minimum Gasteiger partial charge on any atom is -0.493 e. The van der Waals surface area contributed by atoms with Crippen LogP contribution in [0.1, 0.15) is 21.8 Å². The van der Waals surface area contributed by atoms with Gasteiger partial charge < -0.3 is 20.3 Å². The van der Waals surface area contributed by atoms with Gasteiger partial charge in [0.25, 0.3) is 0 Å². The Hall–Kier alpha value is -2.69. The fourth-order valence-corrected chi connectivity index (χ4v) is 2.44. The predicted molar refractivity (Wildman–Crippen MR) is 78.0 cm³/mol. The van der Waals surface area contributed by atoms with Crippen LogP contribution in [0.25, 0.3) is 0 Å². The summed E-state index contributed by atoms with van der Waals surface area (Å²) in [6, 6.07) is 12.5. The van der Waals surface area contributed by atoms with E-state index in [4.69, 9.17) is 15.2 Å². The zero-order valence-corrected chi connectivity index (χ0v) is 11.3. The second-order valence-electron chi connectivity index (χ2n) is 4.89. The number of ether oxygens (including phenoxy) is 2. The van der Waals surface area contributed by atoms with E-state index in [1.165, 1.54) is 6.07 Å². The summed E-state index contributed by atoms with van der Waals surface area (Å²) in [7, 11) is 0. The number of nitrogen functional groups attached to an aromatic ring is 1. The molecule has 2 aromatic carbocycles. The first-order chi connectivity index (χ1) is 10.2. The number of carboxylic acids is 1. The number of hydrogen-bond acceptors (Lipinski definition) is 4. The standard InChI is InChI=1S/C16H15NO4/c17-13-6-3-5-12(16(18)19)15(13)21-9-10-8-20-14-7-2-1-4-11(10)14/h1-7,10H,8-9,17H2,(H,18,19). The number of rotatable bonds is 4. The van der Waals surface area contributed by atoms with Gasteiger partial charge in [-0.15, -0.1) is 0 Å². The van der Waals surface area contributed by atoms with E-state index >= 15 is 0 Å². The van der Waals surface area contributed by atoms with Gasteiger partial charge in [-0.25, -0.2) is 4.79 Å². The van der Waals surface area contributed by atoms with E-state index in [0.717, 1.165) is 11.3 Å². The predicted octanol–water partition coefficient (Wildman–Crippen LogP) is 2.52. The summed E-state index contributed by atoms with van der Waals surface area (Å²) in [5.41, 5.74) is 7.28. The quantitative estimate of drug-likeness (QED) is 0.843. The van der Waals surface area contributed by atoms with Crippen LogP contribution in [0.4, 0.5) is 5.69 Å². The van der Waals surface area contributed by atoms with Crippen LogP contribution in [0.3, 0.4) is 0 Å². The highest BCUT2D eigenvalue weighted by Gasteiger charge is 2.25. The molecule has 0 spiro atoms. The van der Waals surface area contributed by atoms with Crippen molar-refractivity contribution in [3.05, 3.63) is 53.6 Å². The van der Waals surface area contributed by atoms with Gasteiger partial charge in [0.1, 0.15) is 11.3 Å². The van der Waals surface area contributed by atoms with E-state index in [9.17, 15) is 9.90 Å². The molecular formula is C16H15NO4. The average Bonchev–Trinajstić information content (AvgIpc) is 2.89. The molecule has 1 aliphatic heterocycles. The Morgan fingerprint density at radius 3 is 2.90 bits per heavy atom. The lowest BCUT2D eigenvalue weighted by Gasteiger charge is -2.14. The molecule has 0 aliphatic carbocycles. The number of carbonyl (C=O) groups is 1. The van der Waals surface area contributed by atoms with E-state index in [0.29, 0.717) is 18.9 Å². The Labute approximate surface area is 121 Å². The summed E-state index contributed by atoms with van der Waals surface area (Å²) in [4.78, 5) is 11.2. The third-order valence-corrected chi connectivity index (χ3v) is 3.50. The lowest BCUT2D eigenvalue weighted by Crippen LogP contribution is -2.14. The number of benzene rings is 2. The number of fused-ring (bicyclic) bond motifs is 1. The van der Waals surface area contributed by atoms with Crippen LogP contribution in [-0.4, -0.2) is 24.3 Å². The summed E-state index contributed by atoms with van der Waals surface area (Å²) in [6.45, 7) is 0.847. The number of aromatic carboxylic acids is 1. The molecule has 0 saturated heterocycles. The normalized spacial score (nSPS) is 16.1. The van der Waals surface area contributed by atoms with Crippen molar-refractivity contribution in [3.63, 3.8) is 0 Å². The maximum Gasteiger partial charge on any atom is 0.339 e. The van der Waals surface area contributed by atoms with Crippen LogP contribution in [0.15, 0.2) is 42.5 Å². The minimum atomic E-state index is -1.06. The molecule has 1 aliphatic rings. The summed E-state index contributed by atoms with van der Waals surface area (Å²) in [5, 5.41) is 9.18. The molecule has 0 radical (unpaired) electrons. The summed E-state index contributed by atoms with van der Waals surface area (Å²) < 4.78 is 11.3. The molecule has 0 amide bonds. The van der Waals surface area contributed by atoms with Crippen molar-refractivity contribution in [2.45, 2.75) is 5.92 Å². The topological polar surface area (TPSA) is 81.8 Å². The number of carboxylic acid groups (broad SMARTS) is 1. The summed E-state index contributed by atoms with van der Waals surface area (Å²) in [5.74, 6) is 0.0859. The lowest BCUT2D eigenvalue weighted by atomic mass is 10.0. The van der Waals surface area contributed by atoms with Gasteiger partial charge in [-0.1, -0.05) is 24.3 Å². The Morgan fingerprint density at radius 1 is 1.29 bits per heavy atom. The highest BCUT2D eigenvalue weighted by atomic mass is 16.5. The van der Waals surface area contributed by atoms with Gasteiger partial charge in [-0.2, -0.15) is 0 Å². The Bertz CT molecular complexity index is 684. The van der Waals surface area contributed by atoms with E-state index in [-0.39, 0.29) is 17.2 Å². The first kappa shape index (κ1) is 13.3. The van der Waals surface area contributed by atoms with Crippen molar-refractivity contribution in [1.82, 2.24) is 0 Å². The minimum absolute atomic E-state index is 0.0715. The van der Waals surface area contributed by atoms with Crippen molar-refractivity contribution >= 4 is 11.7 Å². The fourth-order valence-electron chi connectivity index (χ4n) is 2.44. The van der Waals surface area contributed by atoms with Crippen molar-refractivity contribution in [1.29, 1.82) is 0 Å². The highest BCUT2D eigenvalue weighted by Crippen LogP contribution is 2.35. The molecule has 0 fully saturated rings. The number of anilines is 1. The third-order valence-electron chi connectivity index (χ3n) is 3.50. The molecule has 1 heterocycles. The molecule has 3 rings (SSSR count). The number of hydrogen-bond donors (Lipinski definition) is 2. The molecule has 2 aromatic rings. The zero-order chi connectivity index (χ0) is 14.8. The van der Waals surface area contributed by atoms with Crippen LogP contribution in [0.2, 0.25) is 0 Å². The molecular weight excluding hydrogens is 270 g/mol. The van der Waals surface area contributed by atoms with Gasteiger partial charge in [0.15, 0.2) is 5.75 Å². The van der Waals surface area contributed by atoms with Crippen molar-refractivity contribution in [2.24, 2.45) is 0 Å². The van der Waals surface area contributed by atoms with Crippen molar-refractivity contribution in [2.75, 3.05) is 18.9 Å². The fraction of sp³-hybridized carbons (Fsp3) is 0.188. The van der Waals surface area contributed by atoms with Crippen molar-refractivity contribution < 1.29 is 19.4 Å². The van der Waals surface area contributed by atoms with E-state index < -0.39 is 5.97 Å².